The van der Waals surface area contributed by atoms with Crippen LogP contribution in [0.15, 0.2) is 30.3 Å². The van der Waals surface area contributed by atoms with Crippen LogP contribution in [0.5, 0.6) is 0 Å². The highest BCUT2D eigenvalue weighted by Gasteiger charge is 2.17. The second kappa shape index (κ2) is 6.91. The average molecular weight is 246 g/mol. The number of nitrogens with zero attached hydrogens (tertiary/aromatic N) is 1. The quantitative estimate of drug-likeness (QED) is 0.835. The van der Waals surface area contributed by atoms with Gasteiger partial charge in [0.15, 0.2) is 0 Å². The fourth-order valence-corrected chi connectivity index (χ4v) is 2.95. The van der Waals surface area contributed by atoms with E-state index in [1.807, 2.05) is 6.07 Å². The van der Waals surface area contributed by atoms with Gasteiger partial charge in [-0.15, -0.1) is 0 Å². The van der Waals surface area contributed by atoms with Crippen molar-refractivity contribution in [1.29, 1.82) is 0 Å². The van der Waals surface area contributed by atoms with Crippen LogP contribution in [0.25, 0.3) is 0 Å². The zero-order valence-electron chi connectivity index (χ0n) is 11.5. The van der Waals surface area contributed by atoms with E-state index in [0.29, 0.717) is 0 Å². The number of rotatable bonds is 6. The van der Waals surface area contributed by atoms with Crippen molar-refractivity contribution >= 4 is 0 Å². The zero-order chi connectivity index (χ0) is 12.8. The Bertz CT molecular complexity index is 330. The lowest BCUT2D eigenvalue weighted by atomic mass is 10.0. The van der Waals surface area contributed by atoms with E-state index in [-0.39, 0.29) is 6.04 Å². The van der Waals surface area contributed by atoms with E-state index in [1.165, 1.54) is 37.8 Å². The second-order valence-corrected chi connectivity index (χ2v) is 5.72. The molecule has 2 rings (SSSR count). The van der Waals surface area contributed by atoms with Gasteiger partial charge in [0, 0.05) is 12.6 Å². The van der Waals surface area contributed by atoms with Crippen molar-refractivity contribution in [2.24, 2.45) is 11.7 Å². The molecule has 1 aliphatic carbocycles. The van der Waals surface area contributed by atoms with Crippen LogP contribution < -0.4 is 5.73 Å². The lowest BCUT2D eigenvalue weighted by Gasteiger charge is -2.22. The van der Waals surface area contributed by atoms with Crippen molar-refractivity contribution in [3.05, 3.63) is 35.9 Å². The van der Waals surface area contributed by atoms with E-state index in [1.54, 1.807) is 0 Å². The van der Waals surface area contributed by atoms with E-state index in [2.05, 4.69) is 36.2 Å². The highest BCUT2D eigenvalue weighted by atomic mass is 15.1. The summed E-state index contributed by atoms with van der Waals surface area (Å²) < 4.78 is 0. The molecular weight excluding hydrogens is 220 g/mol. The van der Waals surface area contributed by atoms with Crippen LogP contribution in [-0.2, 0) is 0 Å². The Morgan fingerprint density at radius 2 is 1.89 bits per heavy atom. The first-order valence-electron chi connectivity index (χ1n) is 7.25. The molecule has 1 atom stereocenters. The van der Waals surface area contributed by atoms with Gasteiger partial charge in [0.05, 0.1) is 0 Å². The molecule has 0 radical (unpaired) electrons. The maximum absolute atomic E-state index is 6.22. The van der Waals surface area contributed by atoms with Crippen molar-refractivity contribution in [3.8, 4) is 0 Å². The van der Waals surface area contributed by atoms with Gasteiger partial charge in [0.1, 0.15) is 0 Å². The highest BCUT2D eigenvalue weighted by Crippen LogP contribution is 2.25. The van der Waals surface area contributed by atoms with Gasteiger partial charge in [-0.2, -0.15) is 0 Å². The minimum Gasteiger partial charge on any atom is -0.324 e. The topological polar surface area (TPSA) is 29.3 Å². The van der Waals surface area contributed by atoms with Gasteiger partial charge in [-0.3, -0.25) is 0 Å². The first-order valence-corrected chi connectivity index (χ1v) is 7.25. The van der Waals surface area contributed by atoms with Crippen molar-refractivity contribution in [2.45, 2.75) is 38.1 Å². The van der Waals surface area contributed by atoms with Crippen molar-refractivity contribution in [2.75, 3.05) is 20.1 Å². The van der Waals surface area contributed by atoms with Gasteiger partial charge in [0.25, 0.3) is 0 Å². The first kappa shape index (κ1) is 13.6. The van der Waals surface area contributed by atoms with Gasteiger partial charge < -0.3 is 10.6 Å². The summed E-state index contributed by atoms with van der Waals surface area (Å²) in [6.07, 6.45) is 6.77. The van der Waals surface area contributed by atoms with Crippen molar-refractivity contribution in [1.82, 2.24) is 4.90 Å². The average Bonchev–Trinajstić information content (AvgIpc) is 2.90. The second-order valence-electron chi connectivity index (χ2n) is 5.72. The van der Waals surface area contributed by atoms with Crippen molar-refractivity contribution in [3.63, 3.8) is 0 Å². The number of nitrogens with two attached hydrogens (primary N) is 1. The Kier molecular flexibility index (Phi) is 5.21. The molecular formula is C16H26N2. The SMILES string of the molecule is CN(CCC(N)c1ccccc1)CC1CCCC1. The summed E-state index contributed by atoms with van der Waals surface area (Å²) in [6, 6.07) is 10.6. The molecule has 0 aliphatic heterocycles. The Labute approximate surface area is 111 Å². The van der Waals surface area contributed by atoms with Gasteiger partial charge in [-0.05, 0) is 44.3 Å². The lowest BCUT2D eigenvalue weighted by molar-refractivity contribution is 0.268. The Morgan fingerprint density at radius 3 is 2.56 bits per heavy atom. The highest BCUT2D eigenvalue weighted by molar-refractivity contribution is 5.18. The van der Waals surface area contributed by atoms with E-state index in [9.17, 15) is 0 Å². The fraction of sp³-hybridized carbons (Fsp3) is 0.625. The Hall–Kier alpha value is -0.860. The molecule has 1 fully saturated rings. The third kappa shape index (κ3) is 4.11. The molecule has 2 heteroatoms. The smallest absolute Gasteiger partial charge is 0.0307 e. The molecule has 0 bridgehead atoms. The van der Waals surface area contributed by atoms with Crippen LogP contribution in [0.4, 0.5) is 0 Å². The van der Waals surface area contributed by atoms with Crippen molar-refractivity contribution < 1.29 is 0 Å². The van der Waals surface area contributed by atoms with Gasteiger partial charge in [-0.25, -0.2) is 0 Å². The molecule has 0 amide bonds. The number of benzene rings is 1. The zero-order valence-corrected chi connectivity index (χ0v) is 11.5. The van der Waals surface area contributed by atoms with Crippen LogP contribution in [0.1, 0.15) is 43.7 Å². The molecule has 1 aliphatic rings. The van der Waals surface area contributed by atoms with E-state index in [0.717, 1.165) is 18.9 Å². The summed E-state index contributed by atoms with van der Waals surface area (Å²) in [5, 5.41) is 0. The molecule has 0 heterocycles. The summed E-state index contributed by atoms with van der Waals surface area (Å²) in [6.45, 7) is 2.36. The van der Waals surface area contributed by atoms with Crippen LogP contribution in [0, 0.1) is 5.92 Å². The van der Waals surface area contributed by atoms with Crippen LogP contribution in [0.2, 0.25) is 0 Å². The normalized spacial score (nSPS) is 18.4. The molecule has 2 N–H and O–H groups in total. The molecule has 1 unspecified atom stereocenters. The largest absolute Gasteiger partial charge is 0.324 e. The minimum atomic E-state index is 0.178. The molecule has 100 valence electrons. The van der Waals surface area contributed by atoms with Crippen LogP contribution in [-0.4, -0.2) is 25.0 Å². The minimum absolute atomic E-state index is 0.178. The van der Waals surface area contributed by atoms with E-state index >= 15 is 0 Å². The summed E-state index contributed by atoms with van der Waals surface area (Å²) in [5.74, 6) is 0.933. The standard InChI is InChI=1S/C16H26N2/c1-18(13-14-7-5-6-8-14)12-11-16(17)15-9-3-2-4-10-15/h2-4,9-10,14,16H,5-8,11-13,17H2,1H3. The summed E-state index contributed by atoms with van der Waals surface area (Å²) in [4.78, 5) is 2.46. The first-order chi connectivity index (χ1) is 8.75. The lowest BCUT2D eigenvalue weighted by Crippen LogP contribution is -2.28. The molecule has 1 aromatic carbocycles. The van der Waals surface area contributed by atoms with Crippen LogP contribution >= 0.6 is 0 Å². The molecule has 0 aromatic heterocycles. The van der Waals surface area contributed by atoms with Gasteiger partial charge >= 0.3 is 0 Å². The number of hydrogen-bond donors (Lipinski definition) is 1. The summed E-state index contributed by atoms with van der Waals surface area (Å²) in [7, 11) is 2.23. The third-order valence-electron chi connectivity index (χ3n) is 4.09. The maximum atomic E-state index is 6.22. The molecule has 1 saturated carbocycles. The monoisotopic (exact) mass is 246 g/mol. The predicted octanol–water partition coefficient (Wildman–Crippen LogP) is 3.20. The summed E-state index contributed by atoms with van der Waals surface area (Å²) >= 11 is 0. The van der Waals surface area contributed by atoms with Gasteiger partial charge in [-0.1, -0.05) is 43.2 Å². The van der Waals surface area contributed by atoms with Crippen LogP contribution in [0.3, 0.4) is 0 Å². The maximum Gasteiger partial charge on any atom is 0.0307 e. The Morgan fingerprint density at radius 1 is 1.22 bits per heavy atom. The Balaban J connectivity index is 1.70. The van der Waals surface area contributed by atoms with Gasteiger partial charge in [0.2, 0.25) is 0 Å². The molecule has 0 spiro atoms. The molecule has 18 heavy (non-hydrogen) atoms. The fourth-order valence-electron chi connectivity index (χ4n) is 2.95. The number of hydrogen-bond acceptors (Lipinski definition) is 2. The van der Waals surface area contributed by atoms with E-state index in [4.69, 9.17) is 5.73 Å². The third-order valence-corrected chi connectivity index (χ3v) is 4.09. The molecule has 0 saturated heterocycles. The van der Waals surface area contributed by atoms with E-state index < -0.39 is 0 Å². The summed E-state index contributed by atoms with van der Waals surface area (Å²) in [5.41, 5.74) is 7.48. The molecule has 2 nitrogen and oxygen atoms in total. The predicted molar refractivity (Wildman–Crippen MR) is 77.4 cm³/mol. The molecule has 1 aromatic rings.